The molecule has 1 heterocycles. The summed E-state index contributed by atoms with van der Waals surface area (Å²) in [6, 6.07) is 0.228. The van der Waals surface area contributed by atoms with Crippen molar-refractivity contribution in [3.8, 4) is 0 Å². The Hall–Kier alpha value is -1.47. The summed E-state index contributed by atoms with van der Waals surface area (Å²) in [6.45, 7) is 8.09. The highest BCUT2D eigenvalue weighted by Crippen LogP contribution is 2.20. The first-order valence-corrected chi connectivity index (χ1v) is 7.80. The van der Waals surface area contributed by atoms with E-state index in [-0.39, 0.29) is 24.3 Å². The van der Waals surface area contributed by atoms with E-state index in [0.717, 1.165) is 0 Å². The largest absolute Gasteiger partial charge is 0.354 e. The molecule has 0 aliphatic rings. The van der Waals surface area contributed by atoms with Crippen molar-refractivity contribution in [3.05, 3.63) is 11.1 Å². The fourth-order valence-corrected chi connectivity index (χ4v) is 2.03. The van der Waals surface area contributed by atoms with Crippen molar-refractivity contribution >= 4 is 28.3 Å². The number of hydrogen-bond acceptors (Lipinski definition) is 5. The van der Waals surface area contributed by atoms with E-state index in [9.17, 15) is 9.59 Å². The number of thiazole rings is 1. The van der Waals surface area contributed by atoms with Crippen molar-refractivity contribution < 1.29 is 9.59 Å². The van der Waals surface area contributed by atoms with Gasteiger partial charge < -0.3 is 16.0 Å². The smallest absolute Gasteiger partial charge is 0.231 e. The number of nitrogens with zero attached hydrogens (tertiary/aromatic N) is 1. The zero-order valence-electron chi connectivity index (χ0n) is 13.2. The Bertz CT molecular complexity index is 493. The highest BCUT2D eigenvalue weighted by molar-refractivity contribution is 7.13. The molecule has 0 fully saturated rings. The molecule has 1 rings (SSSR count). The van der Waals surface area contributed by atoms with Gasteiger partial charge in [-0.1, -0.05) is 20.8 Å². The van der Waals surface area contributed by atoms with Crippen LogP contribution in [-0.4, -0.2) is 36.4 Å². The molecule has 0 saturated carbocycles. The molecule has 0 radical (unpaired) electrons. The Balaban J connectivity index is 2.48. The van der Waals surface area contributed by atoms with Gasteiger partial charge in [-0.15, -0.1) is 11.3 Å². The van der Waals surface area contributed by atoms with Crippen LogP contribution in [0.2, 0.25) is 0 Å². The second kappa shape index (κ2) is 7.51. The molecule has 2 amide bonds. The number of aromatic nitrogens is 1. The molecule has 1 aromatic heterocycles. The number of carbonyl (C=O) groups is 2. The summed E-state index contributed by atoms with van der Waals surface area (Å²) < 4.78 is 0. The minimum absolute atomic E-state index is 0.0731. The fraction of sp³-hybridized carbons (Fsp3) is 0.643. The molecule has 0 saturated heterocycles. The molecule has 0 aliphatic carbocycles. The summed E-state index contributed by atoms with van der Waals surface area (Å²) >= 11 is 1.33. The van der Waals surface area contributed by atoms with Gasteiger partial charge in [0, 0.05) is 23.4 Å². The minimum Gasteiger partial charge on any atom is -0.354 e. The Morgan fingerprint density at radius 3 is 2.62 bits per heavy atom. The summed E-state index contributed by atoms with van der Waals surface area (Å²) in [5.41, 5.74) is 0.200. The van der Waals surface area contributed by atoms with Crippen LogP contribution in [0.25, 0.3) is 0 Å². The SMILES string of the molecule is CNC(C)CNC(=O)Cc1csc(NC(=O)C(C)(C)C)n1. The quantitative estimate of drug-likeness (QED) is 0.741. The Morgan fingerprint density at radius 1 is 1.38 bits per heavy atom. The second-order valence-corrected chi connectivity index (χ2v) is 6.88. The van der Waals surface area contributed by atoms with Gasteiger partial charge >= 0.3 is 0 Å². The van der Waals surface area contributed by atoms with Gasteiger partial charge in [-0.05, 0) is 14.0 Å². The van der Waals surface area contributed by atoms with Gasteiger partial charge in [-0.2, -0.15) is 0 Å². The first kappa shape index (κ1) is 17.6. The maximum atomic E-state index is 11.8. The van der Waals surface area contributed by atoms with Gasteiger partial charge in [-0.25, -0.2) is 4.98 Å². The van der Waals surface area contributed by atoms with Gasteiger partial charge in [0.1, 0.15) is 0 Å². The third-order valence-electron chi connectivity index (χ3n) is 2.89. The lowest BCUT2D eigenvalue weighted by Gasteiger charge is -2.15. The zero-order chi connectivity index (χ0) is 16.0. The summed E-state index contributed by atoms with van der Waals surface area (Å²) in [4.78, 5) is 27.9. The van der Waals surface area contributed by atoms with Crippen molar-refractivity contribution in [2.75, 3.05) is 18.9 Å². The second-order valence-electron chi connectivity index (χ2n) is 6.02. The predicted molar refractivity (Wildman–Crippen MR) is 85.4 cm³/mol. The number of likely N-dealkylation sites (N-methyl/N-ethyl adjacent to an activating group) is 1. The molecule has 7 heteroatoms. The van der Waals surface area contributed by atoms with Crippen LogP contribution in [0.1, 0.15) is 33.4 Å². The van der Waals surface area contributed by atoms with Crippen molar-refractivity contribution in [2.24, 2.45) is 5.41 Å². The lowest BCUT2D eigenvalue weighted by molar-refractivity contribution is -0.123. The number of amides is 2. The molecule has 1 unspecified atom stereocenters. The van der Waals surface area contributed by atoms with Gasteiger partial charge in [-0.3, -0.25) is 9.59 Å². The Morgan fingerprint density at radius 2 is 2.05 bits per heavy atom. The van der Waals surface area contributed by atoms with Gasteiger partial charge in [0.25, 0.3) is 0 Å². The maximum absolute atomic E-state index is 11.8. The van der Waals surface area contributed by atoms with E-state index in [2.05, 4.69) is 20.9 Å². The molecule has 3 N–H and O–H groups in total. The molecule has 0 aliphatic heterocycles. The lowest BCUT2D eigenvalue weighted by Crippen LogP contribution is -2.37. The van der Waals surface area contributed by atoms with Crippen LogP contribution in [0.15, 0.2) is 5.38 Å². The summed E-state index contributed by atoms with van der Waals surface area (Å²) in [5, 5.41) is 11.0. The normalized spacial score (nSPS) is 12.8. The number of rotatable bonds is 6. The number of carbonyl (C=O) groups excluding carboxylic acids is 2. The average molecular weight is 312 g/mol. The summed E-state index contributed by atoms with van der Waals surface area (Å²) in [7, 11) is 1.85. The molecule has 6 nitrogen and oxygen atoms in total. The van der Waals surface area contributed by atoms with Crippen LogP contribution in [0.4, 0.5) is 5.13 Å². The molecule has 0 bridgehead atoms. The fourth-order valence-electron chi connectivity index (χ4n) is 1.33. The monoisotopic (exact) mass is 312 g/mol. The first-order chi connectivity index (χ1) is 9.72. The van der Waals surface area contributed by atoms with Crippen molar-refractivity contribution in [2.45, 2.75) is 40.2 Å². The Kier molecular flexibility index (Phi) is 6.29. The number of anilines is 1. The van der Waals surface area contributed by atoms with E-state index in [0.29, 0.717) is 17.4 Å². The van der Waals surface area contributed by atoms with Gasteiger partial charge in [0.2, 0.25) is 11.8 Å². The molecule has 0 aromatic carbocycles. The van der Waals surface area contributed by atoms with Crippen LogP contribution in [0.5, 0.6) is 0 Å². The molecular weight excluding hydrogens is 288 g/mol. The van der Waals surface area contributed by atoms with E-state index in [1.54, 1.807) is 5.38 Å². The highest BCUT2D eigenvalue weighted by atomic mass is 32.1. The third-order valence-corrected chi connectivity index (χ3v) is 3.70. The van der Waals surface area contributed by atoms with E-state index in [4.69, 9.17) is 0 Å². The van der Waals surface area contributed by atoms with Gasteiger partial charge in [0.15, 0.2) is 5.13 Å². The molecule has 118 valence electrons. The topological polar surface area (TPSA) is 83.1 Å². The molecular formula is C14H24N4O2S. The van der Waals surface area contributed by atoms with Gasteiger partial charge in [0.05, 0.1) is 12.1 Å². The molecule has 0 spiro atoms. The zero-order valence-corrected chi connectivity index (χ0v) is 14.1. The van der Waals surface area contributed by atoms with Crippen LogP contribution < -0.4 is 16.0 Å². The number of hydrogen-bond donors (Lipinski definition) is 3. The van der Waals surface area contributed by atoms with E-state index < -0.39 is 5.41 Å². The summed E-state index contributed by atoms with van der Waals surface area (Å²) in [5.74, 6) is -0.160. The van der Waals surface area contributed by atoms with E-state index in [1.807, 2.05) is 34.7 Å². The first-order valence-electron chi connectivity index (χ1n) is 6.92. The van der Waals surface area contributed by atoms with Crippen LogP contribution in [0.3, 0.4) is 0 Å². The lowest BCUT2D eigenvalue weighted by atomic mass is 9.96. The summed E-state index contributed by atoms with van der Waals surface area (Å²) in [6.07, 6.45) is 0.221. The van der Waals surface area contributed by atoms with E-state index >= 15 is 0 Å². The molecule has 1 atom stereocenters. The average Bonchev–Trinajstić information content (AvgIpc) is 2.82. The number of nitrogens with one attached hydrogen (secondary N) is 3. The van der Waals surface area contributed by atoms with E-state index in [1.165, 1.54) is 11.3 Å². The third kappa shape index (κ3) is 6.22. The van der Waals surface area contributed by atoms with Crippen LogP contribution >= 0.6 is 11.3 Å². The predicted octanol–water partition coefficient (Wildman–Crippen LogP) is 1.39. The maximum Gasteiger partial charge on any atom is 0.231 e. The van der Waals surface area contributed by atoms with Crippen molar-refractivity contribution in [1.29, 1.82) is 0 Å². The van der Waals surface area contributed by atoms with Crippen LogP contribution in [0, 0.1) is 5.41 Å². The molecule has 21 heavy (non-hydrogen) atoms. The highest BCUT2D eigenvalue weighted by Gasteiger charge is 2.22. The molecule has 1 aromatic rings. The van der Waals surface area contributed by atoms with Crippen LogP contribution in [-0.2, 0) is 16.0 Å². The Labute approximate surface area is 129 Å². The van der Waals surface area contributed by atoms with Crippen molar-refractivity contribution in [1.82, 2.24) is 15.6 Å². The minimum atomic E-state index is -0.466. The standard InChI is InChI=1S/C14H24N4O2S/c1-9(15-5)7-16-11(19)6-10-8-21-13(17-10)18-12(20)14(2,3)4/h8-9,15H,6-7H2,1-5H3,(H,16,19)(H,17,18,20). The van der Waals surface area contributed by atoms with Crippen molar-refractivity contribution in [3.63, 3.8) is 0 Å².